The number of hydrazine groups is 1. The molecule has 4 N–H and O–H groups in total. The highest BCUT2D eigenvalue weighted by molar-refractivity contribution is 5.85. The second-order valence-electron chi connectivity index (χ2n) is 4.57. The van der Waals surface area contributed by atoms with E-state index in [-0.39, 0.29) is 37.6 Å². The summed E-state index contributed by atoms with van der Waals surface area (Å²) in [6.45, 7) is -1.15. The summed E-state index contributed by atoms with van der Waals surface area (Å²) in [5.74, 6) is 0.298. The van der Waals surface area contributed by atoms with Gasteiger partial charge in [0, 0.05) is 0 Å². The fraction of sp³-hybridized carbons (Fsp3) is 0.333. The highest BCUT2D eigenvalue weighted by Crippen LogP contribution is 2.39. The molecule has 0 aromatic carbocycles. The minimum atomic E-state index is -1.10. The van der Waals surface area contributed by atoms with Gasteiger partial charge < -0.3 is 19.8 Å². The quantitative estimate of drug-likeness (QED) is 0.312. The Balaban J connectivity index is 2.23. The molecule has 0 aromatic heterocycles. The third-order valence-corrected chi connectivity index (χ3v) is 3.11. The molecule has 1 aliphatic carbocycles. The number of quaternary nitrogens is 1. The standard InChI is InChI=1S/C12H16N4O6/c17-6-4-16(21,5-7-18)14-13-9-1-2-11-12(9)10(15(19)20)3-8-22-11/h1-3,8,13-14,17-18H,4-7H2. The molecule has 2 rings (SSSR count). The summed E-state index contributed by atoms with van der Waals surface area (Å²) in [5.41, 5.74) is 5.35. The van der Waals surface area contributed by atoms with Crippen molar-refractivity contribution in [2.75, 3.05) is 31.7 Å². The highest BCUT2D eigenvalue weighted by Gasteiger charge is 2.25. The Morgan fingerprint density at radius 1 is 1.23 bits per heavy atom. The summed E-state index contributed by atoms with van der Waals surface area (Å²) >= 11 is 0. The Labute approximate surface area is 125 Å². The van der Waals surface area contributed by atoms with Gasteiger partial charge in [-0.1, -0.05) is 5.53 Å². The van der Waals surface area contributed by atoms with Gasteiger partial charge in [-0.25, -0.2) is 0 Å². The molecule has 0 saturated heterocycles. The first kappa shape index (κ1) is 16.1. The molecule has 0 saturated carbocycles. The number of nitro groups is 1. The molecule has 0 radical (unpaired) electrons. The van der Waals surface area contributed by atoms with E-state index in [0.29, 0.717) is 11.4 Å². The number of fused-ring (bicyclic) bond motifs is 1. The lowest BCUT2D eigenvalue weighted by Crippen LogP contribution is -2.58. The van der Waals surface area contributed by atoms with Gasteiger partial charge >= 0.3 is 0 Å². The van der Waals surface area contributed by atoms with Crippen LogP contribution in [-0.4, -0.2) is 46.2 Å². The van der Waals surface area contributed by atoms with Gasteiger partial charge in [0.15, 0.2) is 0 Å². The monoisotopic (exact) mass is 312 g/mol. The number of hydrogen-bond donors (Lipinski definition) is 4. The van der Waals surface area contributed by atoms with Gasteiger partial charge in [0.1, 0.15) is 24.4 Å². The Hall–Kier alpha value is -2.24. The third-order valence-electron chi connectivity index (χ3n) is 3.11. The molecule has 10 nitrogen and oxygen atoms in total. The van der Waals surface area contributed by atoms with E-state index < -0.39 is 9.68 Å². The SMILES string of the molecule is O=[N+]([O-])c1ccoc2ccc(NN[N+]([O-])(CCO)CCO)c1-2. The summed E-state index contributed by atoms with van der Waals surface area (Å²) in [4.78, 5) is 10.5. The van der Waals surface area contributed by atoms with Crippen LogP contribution in [0.4, 0.5) is 11.4 Å². The summed E-state index contributed by atoms with van der Waals surface area (Å²) in [7, 11) is 0. The second-order valence-corrected chi connectivity index (χ2v) is 4.57. The van der Waals surface area contributed by atoms with Crippen LogP contribution in [0.15, 0.2) is 28.9 Å². The minimum Gasteiger partial charge on any atom is -0.610 e. The van der Waals surface area contributed by atoms with E-state index in [4.69, 9.17) is 14.6 Å². The molecule has 1 aliphatic heterocycles. The average Bonchev–Trinajstić information content (AvgIpc) is 2.89. The number of nitrogens with one attached hydrogen (secondary N) is 2. The Kier molecular flexibility index (Phi) is 4.90. The first-order valence-electron chi connectivity index (χ1n) is 6.48. The number of hydroxylamine groups is 2. The van der Waals surface area contributed by atoms with Crippen LogP contribution in [0.25, 0.3) is 11.3 Å². The lowest BCUT2D eigenvalue weighted by atomic mass is 10.2. The van der Waals surface area contributed by atoms with E-state index in [2.05, 4.69) is 11.0 Å². The molecule has 0 spiro atoms. The Morgan fingerprint density at radius 2 is 1.91 bits per heavy atom. The van der Waals surface area contributed by atoms with E-state index in [0.717, 1.165) is 0 Å². The van der Waals surface area contributed by atoms with Crippen molar-refractivity contribution in [3.8, 4) is 11.3 Å². The van der Waals surface area contributed by atoms with Crippen LogP contribution < -0.4 is 11.0 Å². The normalized spacial score (nSPS) is 11.8. The Morgan fingerprint density at radius 3 is 2.50 bits per heavy atom. The summed E-state index contributed by atoms with van der Waals surface area (Å²) in [5, 5.41) is 41.1. The highest BCUT2D eigenvalue weighted by atomic mass is 16.6. The van der Waals surface area contributed by atoms with E-state index in [1.165, 1.54) is 24.5 Å². The van der Waals surface area contributed by atoms with Crippen LogP contribution in [0.2, 0.25) is 0 Å². The Bertz CT molecular complexity index is 610. The molecule has 0 fully saturated rings. The number of rotatable bonds is 8. The molecule has 10 heteroatoms. The van der Waals surface area contributed by atoms with Crippen LogP contribution >= 0.6 is 0 Å². The van der Waals surface area contributed by atoms with Gasteiger partial charge in [-0.15, -0.1) is 0 Å². The van der Waals surface area contributed by atoms with Crippen molar-refractivity contribution in [2.24, 2.45) is 0 Å². The number of aliphatic hydroxyl groups excluding tert-OH is 2. The maximum Gasteiger partial charge on any atom is 0.285 e. The van der Waals surface area contributed by atoms with Crippen LogP contribution in [0.5, 0.6) is 0 Å². The predicted octanol–water partition coefficient (Wildman–Crippen LogP) is 0.423. The number of hydrogen-bond acceptors (Lipinski definition) is 8. The summed E-state index contributed by atoms with van der Waals surface area (Å²) in [6.07, 6.45) is 1.21. The number of anilines is 1. The minimum absolute atomic E-state index is 0.163. The summed E-state index contributed by atoms with van der Waals surface area (Å²) in [6, 6.07) is 4.27. The van der Waals surface area contributed by atoms with Crippen molar-refractivity contribution in [3.05, 3.63) is 39.8 Å². The molecule has 0 atom stereocenters. The smallest absolute Gasteiger partial charge is 0.285 e. The molecular weight excluding hydrogens is 296 g/mol. The number of aliphatic hydroxyl groups is 2. The molecule has 0 unspecified atom stereocenters. The van der Waals surface area contributed by atoms with E-state index in [9.17, 15) is 15.3 Å². The molecule has 0 amide bonds. The molecule has 1 heterocycles. The van der Waals surface area contributed by atoms with Crippen molar-refractivity contribution >= 4 is 11.4 Å². The van der Waals surface area contributed by atoms with Crippen molar-refractivity contribution in [1.82, 2.24) is 5.53 Å². The van der Waals surface area contributed by atoms with Gasteiger partial charge in [-0.3, -0.25) is 20.3 Å². The zero-order valence-electron chi connectivity index (χ0n) is 11.6. The molecule has 0 aromatic rings. The van der Waals surface area contributed by atoms with Crippen LogP contribution in [-0.2, 0) is 0 Å². The largest absolute Gasteiger partial charge is 0.610 e. The topological polar surface area (TPSA) is 144 Å². The first-order chi connectivity index (χ1) is 10.5. The number of nitrogens with zero attached hydrogens (tertiary/aromatic N) is 2. The zero-order chi connectivity index (χ0) is 16.2. The fourth-order valence-corrected chi connectivity index (χ4v) is 2.04. The first-order valence-corrected chi connectivity index (χ1v) is 6.48. The second kappa shape index (κ2) is 6.68. The van der Waals surface area contributed by atoms with Gasteiger partial charge in [-0.2, -0.15) is 0 Å². The van der Waals surface area contributed by atoms with Crippen LogP contribution in [0.3, 0.4) is 0 Å². The average molecular weight is 312 g/mol. The maximum atomic E-state index is 12.2. The van der Waals surface area contributed by atoms with Crippen molar-refractivity contribution in [3.63, 3.8) is 0 Å². The molecule has 22 heavy (non-hydrogen) atoms. The van der Waals surface area contributed by atoms with Gasteiger partial charge in [-0.05, 0) is 12.1 Å². The maximum absolute atomic E-state index is 12.2. The lowest BCUT2D eigenvalue weighted by Gasteiger charge is -2.40. The lowest BCUT2D eigenvalue weighted by molar-refractivity contribution is -0.922. The van der Waals surface area contributed by atoms with Crippen molar-refractivity contribution in [2.45, 2.75) is 0 Å². The van der Waals surface area contributed by atoms with Gasteiger partial charge in [0.05, 0.1) is 36.2 Å². The van der Waals surface area contributed by atoms with Crippen molar-refractivity contribution in [1.29, 1.82) is 0 Å². The van der Waals surface area contributed by atoms with Crippen molar-refractivity contribution < 1.29 is 24.3 Å². The van der Waals surface area contributed by atoms with E-state index >= 15 is 0 Å². The zero-order valence-corrected chi connectivity index (χ0v) is 11.6. The fourth-order valence-electron chi connectivity index (χ4n) is 2.04. The van der Waals surface area contributed by atoms with Crippen LogP contribution in [0.1, 0.15) is 0 Å². The predicted molar refractivity (Wildman–Crippen MR) is 76.3 cm³/mol. The molecule has 120 valence electrons. The van der Waals surface area contributed by atoms with Gasteiger partial charge in [0.2, 0.25) is 0 Å². The van der Waals surface area contributed by atoms with E-state index in [1.807, 2.05) is 0 Å². The molecule has 2 aliphatic rings. The molecular formula is C12H16N4O6. The van der Waals surface area contributed by atoms with Gasteiger partial charge in [0.25, 0.3) is 5.69 Å². The summed E-state index contributed by atoms with van der Waals surface area (Å²) < 4.78 is 4.07. The molecule has 0 bridgehead atoms. The third kappa shape index (κ3) is 3.32. The van der Waals surface area contributed by atoms with E-state index in [1.54, 1.807) is 0 Å². The van der Waals surface area contributed by atoms with Crippen LogP contribution in [0, 0.1) is 15.3 Å².